The van der Waals surface area contributed by atoms with Crippen LogP contribution in [0.1, 0.15) is 32.1 Å². The molecule has 82 valence electrons. The van der Waals surface area contributed by atoms with Gasteiger partial charge in [0.1, 0.15) is 0 Å². The summed E-state index contributed by atoms with van der Waals surface area (Å²) in [6.45, 7) is -0.0807. The number of ether oxygens (including phenoxy) is 1. The van der Waals surface area contributed by atoms with Gasteiger partial charge < -0.3 is 4.74 Å². The zero-order valence-corrected chi connectivity index (χ0v) is 8.69. The quantitative estimate of drug-likeness (QED) is 0.275. The number of rotatable bonds is 8. The molecule has 0 aliphatic carbocycles. The Bertz CT molecular complexity index is 185. The minimum Gasteiger partial charge on any atom is -0.459 e. The number of carbonyl (C=O) groups is 2. The summed E-state index contributed by atoms with van der Waals surface area (Å²) in [6.07, 6.45) is 3.89. The minimum atomic E-state index is -1.09. The summed E-state index contributed by atoms with van der Waals surface area (Å²) in [5.74, 6) is -1.00. The highest BCUT2D eigenvalue weighted by atomic mass is 35.5. The summed E-state index contributed by atoms with van der Waals surface area (Å²) in [5, 5.41) is -1.09. The van der Waals surface area contributed by atoms with E-state index in [1.54, 1.807) is 0 Å². The number of halogens is 2. The number of alkyl halides is 1. The second kappa shape index (κ2) is 8.94. The first kappa shape index (κ1) is 13.4. The van der Waals surface area contributed by atoms with Crippen LogP contribution in [0.4, 0.5) is 4.39 Å². The van der Waals surface area contributed by atoms with E-state index in [2.05, 4.69) is 4.74 Å². The van der Waals surface area contributed by atoms with E-state index in [1.807, 2.05) is 0 Å². The topological polar surface area (TPSA) is 43.4 Å². The Hall–Kier alpha value is -0.640. The largest absolute Gasteiger partial charge is 0.459 e. The lowest BCUT2D eigenvalue weighted by Crippen LogP contribution is -2.12. The number of carbonyl (C=O) groups excluding carboxylic acids is 2. The molecule has 3 nitrogen and oxygen atoms in total. The van der Waals surface area contributed by atoms with Crippen LogP contribution in [0, 0.1) is 0 Å². The van der Waals surface area contributed by atoms with Crippen LogP contribution in [0.15, 0.2) is 0 Å². The predicted molar refractivity (Wildman–Crippen MR) is 50.9 cm³/mol. The molecule has 0 N–H and O–H groups in total. The molecule has 0 heterocycles. The summed E-state index contributed by atoms with van der Waals surface area (Å²) in [6, 6.07) is 0. The standard InChI is InChI=1S/C9H14ClFO3/c10-8(12)9(13)14-7-5-3-1-2-4-6-11/h1-7H2. The summed E-state index contributed by atoms with van der Waals surface area (Å²) < 4.78 is 16.2. The fraction of sp³-hybridized carbons (Fsp3) is 0.778. The van der Waals surface area contributed by atoms with E-state index >= 15 is 0 Å². The van der Waals surface area contributed by atoms with Crippen LogP contribution in [-0.4, -0.2) is 24.5 Å². The molecule has 0 aromatic carbocycles. The van der Waals surface area contributed by atoms with Crippen LogP contribution < -0.4 is 0 Å². The Labute approximate surface area is 87.6 Å². The van der Waals surface area contributed by atoms with Gasteiger partial charge in [-0.25, -0.2) is 4.79 Å². The van der Waals surface area contributed by atoms with Crippen LogP contribution in [0.2, 0.25) is 0 Å². The number of hydrogen-bond acceptors (Lipinski definition) is 3. The van der Waals surface area contributed by atoms with Crippen molar-refractivity contribution in [3.8, 4) is 0 Å². The van der Waals surface area contributed by atoms with Crippen molar-refractivity contribution in [1.82, 2.24) is 0 Å². The predicted octanol–water partition coefficient (Wildman–Crippen LogP) is 2.21. The SMILES string of the molecule is O=C(Cl)C(=O)OCCCCCCCF. The smallest absolute Gasteiger partial charge is 0.391 e. The highest BCUT2D eigenvalue weighted by Gasteiger charge is 2.10. The summed E-state index contributed by atoms with van der Waals surface area (Å²) in [4.78, 5) is 20.7. The third kappa shape index (κ3) is 7.98. The molecule has 0 aromatic heterocycles. The van der Waals surface area contributed by atoms with E-state index in [0.29, 0.717) is 12.8 Å². The van der Waals surface area contributed by atoms with Crippen LogP contribution in [-0.2, 0) is 14.3 Å². The van der Waals surface area contributed by atoms with Gasteiger partial charge in [0, 0.05) is 0 Å². The molecule has 0 atom stereocenters. The molecule has 5 heteroatoms. The molecule has 0 saturated heterocycles. The minimum absolute atomic E-state index is 0.201. The van der Waals surface area contributed by atoms with Gasteiger partial charge in [0.05, 0.1) is 13.3 Å². The maximum atomic E-state index is 11.6. The number of unbranched alkanes of at least 4 members (excludes halogenated alkanes) is 4. The molecule has 0 saturated carbocycles. The van der Waals surface area contributed by atoms with Gasteiger partial charge >= 0.3 is 11.2 Å². The van der Waals surface area contributed by atoms with Crippen molar-refractivity contribution in [2.45, 2.75) is 32.1 Å². The van der Waals surface area contributed by atoms with Crippen molar-refractivity contribution in [3.63, 3.8) is 0 Å². The monoisotopic (exact) mass is 224 g/mol. The van der Waals surface area contributed by atoms with Crippen LogP contribution in [0.5, 0.6) is 0 Å². The van der Waals surface area contributed by atoms with Crippen molar-refractivity contribution in [1.29, 1.82) is 0 Å². The van der Waals surface area contributed by atoms with Crippen molar-refractivity contribution in [2.24, 2.45) is 0 Å². The maximum absolute atomic E-state index is 11.6. The van der Waals surface area contributed by atoms with E-state index in [1.165, 1.54) is 0 Å². The number of esters is 1. The zero-order valence-electron chi connectivity index (χ0n) is 7.93. The van der Waals surface area contributed by atoms with Gasteiger partial charge in [0.15, 0.2) is 0 Å². The number of hydrogen-bond donors (Lipinski definition) is 0. The highest BCUT2D eigenvalue weighted by molar-refractivity contribution is 6.80. The average Bonchev–Trinajstić information content (AvgIpc) is 2.16. The normalized spacial score (nSPS) is 9.86. The molecule has 0 fully saturated rings. The molecular formula is C9H14ClFO3. The lowest BCUT2D eigenvalue weighted by Gasteiger charge is -2.01. The summed E-state index contributed by atoms with van der Waals surface area (Å²) >= 11 is 4.85. The van der Waals surface area contributed by atoms with E-state index < -0.39 is 11.2 Å². The third-order valence-corrected chi connectivity index (χ3v) is 1.83. The highest BCUT2D eigenvalue weighted by Crippen LogP contribution is 2.03. The molecule has 0 amide bonds. The van der Waals surface area contributed by atoms with Gasteiger partial charge in [-0.1, -0.05) is 19.3 Å². The second-order valence-electron chi connectivity index (χ2n) is 2.87. The maximum Gasteiger partial charge on any atom is 0.391 e. The average molecular weight is 225 g/mol. The first-order valence-electron chi connectivity index (χ1n) is 4.61. The molecule has 0 spiro atoms. The van der Waals surface area contributed by atoms with Gasteiger partial charge in [-0.15, -0.1) is 0 Å². The molecular weight excluding hydrogens is 211 g/mol. The first-order valence-corrected chi connectivity index (χ1v) is 4.99. The lowest BCUT2D eigenvalue weighted by molar-refractivity contribution is -0.150. The molecule has 0 bridgehead atoms. The Morgan fingerprint density at radius 1 is 1.07 bits per heavy atom. The Balaban J connectivity index is 3.13. The third-order valence-electron chi connectivity index (χ3n) is 1.67. The molecule has 0 rings (SSSR count). The van der Waals surface area contributed by atoms with Crippen LogP contribution in [0.25, 0.3) is 0 Å². The molecule has 0 radical (unpaired) electrons. The van der Waals surface area contributed by atoms with E-state index in [0.717, 1.165) is 19.3 Å². The van der Waals surface area contributed by atoms with Gasteiger partial charge in [0.25, 0.3) is 0 Å². The zero-order chi connectivity index (χ0) is 10.8. The van der Waals surface area contributed by atoms with E-state index in [-0.39, 0.29) is 13.3 Å². The van der Waals surface area contributed by atoms with Gasteiger partial charge in [-0.05, 0) is 24.4 Å². The molecule has 14 heavy (non-hydrogen) atoms. The Kier molecular flexibility index (Phi) is 8.53. The van der Waals surface area contributed by atoms with Crippen molar-refractivity contribution in [2.75, 3.05) is 13.3 Å². The summed E-state index contributed by atoms with van der Waals surface area (Å²) in [7, 11) is 0. The van der Waals surface area contributed by atoms with Crippen LogP contribution >= 0.6 is 11.6 Å². The Morgan fingerprint density at radius 3 is 2.21 bits per heavy atom. The first-order chi connectivity index (χ1) is 6.68. The van der Waals surface area contributed by atoms with Crippen LogP contribution in [0.3, 0.4) is 0 Å². The van der Waals surface area contributed by atoms with E-state index in [9.17, 15) is 14.0 Å². The van der Waals surface area contributed by atoms with Gasteiger partial charge in [-0.3, -0.25) is 9.18 Å². The van der Waals surface area contributed by atoms with Crippen molar-refractivity contribution in [3.05, 3.63) is 0 Å². The molecule has 0 aliphatic rings. The van der Waals surface area contributed by atoms with Crippen molar-refractivity contribution >= 4 is 22.8 Å². The Morgan fingerprint density at radius 2 is 1.64 bits per heavy atom. The second-order valence-corrected chi connectivity index (χ2v) is 3.21. The van der Waals surface area contributed by atoms with Crippen molar-refractivity contribution < 1.29 is 18.7 Å². The lowest BCUT2D eigenvalue weighted by atomic mass is 10.2. The van der Waals surface area contributed by atoms with Gasteiger partial charge in [-0.2, -0.15) is 0 Å². The molecule has 0 unspecified atom stereocenters. The fourth-order valence-electron chi connectivity index (χ4n) is 0.948. The van der Waals surface area contributed by atoms with Gasteiger partial charge in [0.2, 0.25) is 0 Å². The molecule has 0 aromatic rings. The fourth-order valence-corrected chi connectivity index (χ4v) is 1.00. The molecule has 0 aliphatic heterocycles. The summed E-state index contributed by atoms with van der Waals surface area (Å²) in [5.41, 5.74) is 0. The van der Waals surface area contributed by atoms with E-state index in [4.69, 9.17) is 11.6 Å².